The molecule has 36 heavy (non-hydrogen) atoms. The molecule has 6 heteroatoms. The Hall–Kier alpha value is -3.66. The minimum atomic E-state index is 0.0506. The molecule has 184 valence electrons. The molecule has 1 N–H and O–H groups in total. The monoisotopic (exact) mass is 481 g/mol. The lowest BCUT2D eigenvalue weighted by Gasteiger charge is -2.57. The molecule has 2 aliphatic heterocycles. The van der Waals surface area contributed by atoms with Crippen molar-refractivity contribution in [3.8, 4) is 17.6 Å². The highest BCUT2D eigenvalue weighted by Gasteiger charge is 2.49. The van der Waals surface area contributed by atoms with Gasteiger partial charge in [0.05, 0.1) is 13.7 Å². The number of pyridine rings is 1. The van der Waals surface area contributed by atoms with E-state index in [1.54, 1.807) is 31.6 Å². The van der Waals surface area contributed by atoms with Gasteiger partial charge in [-0.2, -0.15) is 0 Å². The first-order valence-corrected chi connectivity index (χ1v) is 12.5. The fourth-order valence-electron chi connectivity index (χ4n) is 5.41. The van der Waals surface area contributed by atoms with E-state index in [9.17, 15) is 9.90 Å². The number of hydrogen-bond acceptors (Lipinski definition) is 5. The topological polar surface area (TPSA) is 65.9 Å². The molecule has 2 aromatic carbocycles. The van der Waals surface area contributed by atoms with Crippen molar-refractivity contribution in [3.63, 3.8) is 0 Å². The maximum Gasteiger partial charge on any atom is 0.254 e. The predicted molar refractivity (Wildman–Crippen MR) is 139 cm³/mol. The van der Waals surface area contributed by atoms with Crippen LogP contribution in [0.3, 0.4) is 0 Å². The Morgan fingerprint density at radius 1 is 0.972 bits per heavy atom. The zero-order valence-corrected chi connectivity index (χ0v) is 20.5. The normalized spacial score (nSPS) is 21.7. The van der Waals surface area contributed by atoms with E-state index in [2.05, 4.69) is 33.9 Å². The van der Waals surface area contributed by atoms with Gasteiger partial charge in [-0.1, -0.05) is 24.0 Å². The van der Waals surface area contributed by atoms with Gasteiger partial charge in [0.2, 0.25) is 0 Å². The number of fused-ring (bicyclic) bond motifs is 1. The second kappa shape index (κ2) is 10.9. The van der Waals surface area contributed by atoms with Crippen molar-refractivity contribution in [2.75, 3.05) is 33.4 Å². The molecule has 3 atom stereocenters. The molecule has 1 aromatic heterocycles. The highest BCUT2D eigenvalue weighted by atomic mass is 16.5. The summed E-state index contributed by atoms with van der Waals surface area (Å²) in [6, 6.07) is 19.9. The van der Waals surface area contributed by atoms with Crippen LogP contribution in [0.25, 0.3) is 0 Å². The number of methoxy groups -OCH3 is 1. The Morgan fingerprint density at radius 2 is 1.61 bits per heavy atom. The number of aromatic nitrogens is 1. The van der Waals surface area contributed by atoms with Gasteiger partial charge in [-0.25, -0.2) is 0 Å². The Bertz CT molecular complexity index is 1230. The number of aliphatic hydroxyl groups is 1. The number of carbonyl (C=O) groups is 1. The molecule has 0 radical (unpaired) electrons. The average molecular weight is 482 g/mol. The minimum absolute atomic E-state index is 0.0506. The Labute approximate surface area is 212 Å². The van der Waals surface area contributed by atoms with Crippen LogP contribution in [0.5, 0.6) is 5.75 Å². The van der Waals surface area contributed by atoms with Gasteiger partial charge in [0, 0.05) is 60.2 Å². The van der Waals surface area contributed by atoms with Crippen molar-refractivity contribution in [1.82, 2.24) is 14.8 Å². The molecule has 3 aromatic rings. The fraction of sp³-hybridized carbons (Fsp3) is 0.333. The van der Waals surface area contributed by atoms with Gasteiger partial charge in [0.25, 0.3) is 5.91 Å². The molecule has 1 amide bonds. The molecular weight excluding hydrogens is 450 g/mol. The van der Waals surface area contributed by atoms with Gasteiger partial charge in [0.15, 0.2) is 0 Å². The molecule has 2 fully saturated rings. The van der Waals surface area contributed by atoms with Crippen LogP contribution < -0.4 is 4.74 Å². The van der Waals surface area contributed by atoms with Gasteiger partial charge in [-0.15, -0.1) is 0 Å². The molecule has 0 saturated carbocycles. The SMILES string of the molecule is COc1ccc(C#Cc2ccc([C@H]3[C@H](CO)N4CCCCN(C(=O)c5ccncc5)C[C@@H]34)cc2)cc1. The quantitative estimate of drug-likeness (QED) is 0.578. The first kappa shape index (κ1) is 24.1. The van der Waals surface area contributed by atoms with Gasteiger partial charge in [-0.3, -0.25) is 14.7 Å². The van der Waals surface area contributed by atoms with Crippen LogP contribution in [0, 0.1) is 11.8 Å². The van der Waals surface area contributed by atoms with Gasteiger partial charge in [0.1, 0.15) is 5.75 Å². The zero-order valence-electron chi connectivity index (χ0n) is 20.5. The van der Waals surface area contributed by atoms with Crippen LogP contribution in [0.1, 0.15) is 45.8 Å². The number of carbonyl (C=O) groups excluding carboxylic acids is 1. The van der Waals surface area contributed by atoms with Crippen molar-refractivity contribution < 1.29 is 14.6 Å². The summed E-state index contributed by atoms with van der Waals surface area (Å²) in [6.45, 7) is 2.47. The molecule has 0 spiro atoms. The lowest BCUT2D eigenvalue weighted by Crippen LogP contribution is -2.67. The first-order chi connectivity index (χ1) is 17.7. The number of aliphatic hydroxyl groups excluding tert-OH is 1. The van der Waals surface area contributed by atoms with Crippen molar-refractivity contribution >= 4 is 5.91 Å². The third-order valence-corrected chi connectivity index (χ3v) is 7.32. The van der Waals surface area contributed by atoms with E-state index in [1.807, 2.05) is 41.3 Å². The fourth-order valence-corrected chi connectivity index (χ4v) is 5.41. The summed E-state index contributed by atoms with van der Waals surface area (Å²) >= 11 is 0. The van der Waals surface area contributed by atoms with E-state index in [1.165, 1.54) is 5.56 Å². The highest BCUT2D eigenvalue weighted by molar-refractivity contribution is 5.94. The van der Waals surface area contributed by atoms with Crippen LogP contribution in [-0.4, -0.2) is 71.2 Å². The van der Waals surface area contributed by atoms with Crippen LogP contribution in [0.15, 0.2) is 73.1 Å². The Kier molecular flexibility index (Phi) is 7.31. The lowest BCUT2D eigenvalue weighted by molar-refractivity contribution is -0.0606. The summed E-state index contributed by atoms with van der Waals surface area (Å²) in [5.41, 5.74) is 3.73. The van der Waals surface area contributed by atoms with E-state index in [4.69, 9.17) is 4.74 Å². The Morgan fingerprint density at radius 3 is 2.25 bits per heavy atom. The number of amides is 1. The molecule has 3 heterocycles. The number of benzene rings is 2. The standard InChI is InChI=1S/C30H31N3O3/c1-36-26-12-8-23(9-13-26)5-4-22-6-10-24(11-7-22)29-27-20-32(30(35)25-14-16-31-17-15-25)18-2-3-19-33(27)28(29)21-34/h6-17,27-29,34H,2-3,18-21H2,1H3/t27-,28-,29+/m0/s1. The molecule has 6 nitrogen and oxygen atoms in total. The first-order valence-electron chi connectivity index (χ1n) is 12.5. The highest BCUT2D eigenvalue weighted by Crippen LogP contribution is 2.42. The summed E-state index contributed by atoms with van der Waals surface area (Å²) in [4.78, 5) is 21.6. The van der Waals surface area contributed by atoms with Crippen LogP contribution in [0.4, 0.5) is 0 Å². The van der Waals surface area contributed by atoms with E-state index in [-0.39, 0.29) is 30.5 Å². The van der Waals surface area contributed by atoms with Crippen molar-refractivity contribution in [1.29, 1.82) is 0 Å². The molecule has 0 unspecified atom stereocenters. The zero-order chi connectivity index (χ0) is 24.9. The van der Waals surface area contributed by atoms with Crippen molar-refractivity contribution in [2.24, 2.45) is 0 Å². The number of nitrogens with zero attached hydrogens (tertiary/aromatic N) is 3. The maximum atomic E-state index is 13.2. The lowest BCUT2D eigenvalue weighted by atomic mass is 9.74. The number of rotatable bonds is 4. The smallest absolute Gasteiger partial charge is 0.254 e. The van der Waals surface area contributed by atoms with Gasteiger partial charge < -0.3 is 14.7 Å². The van der Waals surface area contributed by atoms with E-state index in [0.717, 1.165) is 42.8 Å². The summed E-state index contributed by atoms with van der Waals surface area (Å²) in [7, 11) is 1.65. The second-order valence-electron chi connectivity index (χ2n) is 9.38. The summed E-state index contributed by atoms with van der Waals surface area (Å²) in [5, 5.41) is 10.2. The average Bonchev–Trinajstić information content (AvgIpc) is 2.92. The van der Waals surface area contributed by atoms with Crippen LogP contribution >= 0.6 is 0 Å². The van der Waals surface area contributed by atoms with Crippen LogP contribution in [0.2, 0.25) is 0 Å². The largest absolute Gasteiger partial charge is 0.497 e. The van der Waals surface area contributed by atoms with E-state index in [0.29, 0.717) is 12.1 Å². The Balaban J connectivity index is 1.33. The summed E-state index contributed by atoms with van der Waals surface area (Å²) < 4.78 is 5.20. The summed E-state index contributed by atoms with van der Waals surface area (Å²) in [6.07, 6.45) is 5.30. The molecule has 2 aliphatic rings. The van der Waals surface area contributed by atoms with E-state index < -0.39 is 0 Å². The van der Waals surface area contributed by atoms with Gasteiger partial charge >= 0.3 is 0 Å². The second-order valence-corrected chi connectivity index (χ2v) is 9.38. The maximum absolute atomic E-state index is 13.2. The molecule has 5 rings (SSSR count). The molecule has 0 bridgehead atoms. The molecular formula is C30H31N3O3. The number of ether oxygens (including phenoxy) is 1. The van der Waals surface area contributed by atoms with Crippen LogP contribution in [-0.2, 0) is 0 Å². The van der Waals surface area contributed by atoms with Crippen molar-refractivity contribution in [2.45, 2.75) is 30.8 Å². The molecule has 2 saturated heterocycles. The third-order valence-electron chi connectivity index (χ3n) is 7.32. The number of hydrogen-bond donors (Lipinski definition) is 1. The van der Waals surface area contributed by atoms with Gasteiger partial charge in [-0.05, 0) is 73.5 Å². The third kappa shape index (κ3) is 4.99. The van der Waals surface area contributed by atoms with E-state index >= 15 is 0 Å². The minimum Gasteiger partial charge on any atom is -0.497 e. The molecule has 0 aliphatic carbocycles. The summed E-state index contributed by atoms with van der Waals surface area (Å²) in [5.74, 6) is 7.47. The predicted octanol–water partition coefficient (Wildman–Crippen LogP) is 3.55. The van der Waals surface area contributed by atoms with Crippen molar-refractivity contribution in [3.05, 3.63) is 95.3 Å².